The Morgan fingerprint density at radius 1 is 1.53 bits per heavy atom. The summed E-state index contributed by atoms with van der Waals surface area (Å²) in [5.41, 5.74) is 0.629. The van der Waals surface area contributed by atoms with E-state index >= 15 is 0 Å². The Morgan fingerprint density at radius 2 is 2.27 bits per heavy atom. The van der Waals surface area contributed by atoms with Gasteiger partial charge in [-0.25, -0.2) is 0 Å². The molecule has 5 heteroatoms. The van der Waals surface area contributed by atoms with Crippen LogP contribution in [0.1, 0.15) is 12.6 Å². The molecular formula is C10H11Cl2NOS. The zero-order valence-corrected chi connectivity index (χ0v) is 10.6. The Kier molecular flexibility index (Phi) is 5.29. The van der Waals surface area contributed by atoms with Crippen molar-refractivity contribution < 1.29 is 4.21 Å². The SMILES string of the molecule is C/C=C/CS(=O)Cc1ncc(Cl)cc1Cl. The summed E-state index contributed by atoms with van der Waals surface area (Å²) in [4.78, 5) is 4.04. The number of hydrogen-bond acceptors (Lipinski definition) is 2. The van der Waals surface area contributed by atoms with E-state index in [1.165, 1.54) is 6.20 Å². The summed E-state index contributed by atoms with van der Waals surface area (Å²) in [6.07, 6.45) is 5.24. The Balaban J connectivity index is 2.68. The van der Waals surface area contributed by atoms with E-state index in [9.17, 15) is 4.21 Å². The fourth-order valence-corrected chi connectivity index (χ4v) is 2.55. The summed E-state index contributed by atoms with van der Waals surface area (Å²) >= 11 is 11.6. The maximum atomic E-state index is 11.5. The summed E-state index contributed by atoms with van der Waals surface area (Å²) in [5.74, 6) is 0.886. The Labute approximate surface area is 102 Å². The van der Waals surface area contributed by atoms with Gasteiger partial charge < -0.3 is 0 Å². The van der Waals surface area contributed by atoms with Crippen molar-refractivity contribution in [3.8, 4) is 0 Å². The molecule has 1 aromatic heterocycles. The minimum absolute atomic E-state index is 0.361. The zero-order valence-electron chi connectivity index (χ0n) is 8.24. The lowest BCUT2D eigenvalue weighted by atomic mass is 10.4. The summed E-state index contributed by atoms with van der Waals surface area (Å²) in [5, 5.41) is 0.958. The molecule has 0 saturated carbocycles. The average molecular weight is 264 g/mol. The molecule has 1 unspecified atom stereocenters. The molecule has 0 aliphatic rings. The predicted molar refractivity (Wildman–Crippen MR) is 65.8 cm³/mol. The number of nitrogens with zero attached hydrogens (tertiary/aromatic N) is 1. The minimum Gasteiger partial charge on any atom is -0.259 e. The molecule has 0 amide bonds. The van der Waals surface area contributed by atoms with Crippen LogP contribution in [0.15, 0.2) is 24.4 Å². The first-order chi connectivity index (χ1) is 7.13. The lowest BCUT2D eigenvalue weighted by Gasteiger charge is -2.02. The van der Waals surface area contributed by atoms with Gasteiger partial charge in [-0.15, -0.1) is 0 Å². The van der Waals surface area contributed by atoms with E-state index in [-0.39, 0.29) is 0 Å². The fraction of sp³-hybridized carbons (Fsp3) is 0.300. The van der Waals surface area contributed by atoms with Gasteiger partial charge in [0.05, 0.1) is 21.5 Å². The van der Waals surface area contributed by atoms with Crippen molar-refractivity contribution in [3.05, 3.63) is 40.2 Å². The van der Waals surface area contributed by atoms with Gasteiger partial charge in [-0.3, -0.25) is 9.19 Å². The first-order valence-corrected chi connectivity index (χ1v) is 6.64. The van der Waals surface area contributed by atoms with Crippen LogP contribution >= 0.6 is 23.2 Å². The molecule has 0 N–H and O–H groups in total. The van der Waals surface area contributed by atoms with Crippen molar-refractivity contribution in [1.29, 1.82) is 0 Å². The van der Waals surface area contributed by atoms with Gasteiger partial charge in [0.1, 0.15) is 0 Å². The van der Waals surface area contributed by atoms with Gasteiger partial charge >= 0.3 is 0 Å². The number of aromatic nitrogens is 1. The molecule has 0 fully saturated rings. The highest BCUT2D eigenvalue weighted by Gasteiger charge is 2.06. The van der Waals surface area contributed by atoms with Gasteiger partial charge in [0.15, 0.2) is 0 Å². The highest BCUT2D eigenvalue weighted by atomic mass is 35.5. The minimum atomic E-state index is -0.965. The monoisotopic (exact) mass is 263 g/mol. The van der Waals surface area contributed by atoms with Crippen molar-refractivity contribution in [3.63, 3.8) is 0 Å². The molecule has 1 aromatic rings. The molecule has 1 rings (SSSR count). The van der Waals surface area contributed by atoms with Gasteiger partial charge in [0.25, 0.3) is 0 Å². The van der Waals surface area contributed by atoms with E-state index in [0.717, 1.165) is 0 Å². The van der Waals surface area contributed by atoms with Crippen LogP contribution in [-0.4, -0.2) is 14.9 Å². The summed E-state index contributed by atoms with van der Waals surface area (Å²) in [6.45, 7) is 1.89. The molecule has 0 aliphatic carbocycles. The largest absolute Gasteiger partial charge is 0.259 e. The molecule has 2 nitrogen and oxygen atoms in total. The number of pyridine rings is 1. The first kappa shape index (κ1) is 12.7. The average Bonchev–Trinajstić information content (AvgIpc) is 2.19. The van der Waals surface area contributed by atoms with Crippen LogP contribution < -0.4 is 0 Å². The smallest absolute Gasteiger partial charge is 0.0715 e. The number of halogens is 2. The van der Waals surface area contributed by atoms with E-state index in [0.29, 0.717) is 27.2 Å². The van der Waals surface area contributed by atoms with Gasteiger partial charge in [-0.2, -0.15) is 0 Å². The van der Waals surface area contributed by atoms with Crippen LogP contribution in [0.4, 0.5) is 0 Å². The Bertz CT molecular complexity index is 393. The zero-order chi connectivity index (χ0) is 11.3. The lowest BCUT2D eigenvalue weighted by molar-refractivity contribution is 0.684. The molecule has 0 aromatic carbocycles. The van der Waals surface area contributed by atoms with E-state index in [1.54, 1.807) is 6.07 Å². The lowest BCUT2D eigenvalue weighted by Crippen LogP contribution is -2.01. The summed E-state index contributed by atoms with van der Waals surface area (Å²) in [7, 11) is -0.965. The Hall–Kier alpha value is -0.380. The van der Waals surface area contributed by atoms with Crippen LogP contribution in [-0.2, 0) is 16.6 Å². The van der Waals surface area contributed by atoms with Crippen LogP contribution in [0.2, 0.25) is 10.0 Å². The van der Waals surface area contributed by atoms with Crippen LogP contribution in [0.5, 0.6) is 0 Å². The third-order valence-electron chi connectivity index (χ3n) is 1.70. The van der Waals surface area contributed by atoms with Crippen LogP contribution in [0.3, 0.4) is 0 Å². The van der Waals surface area contributed by atoms with Crippen molar-refractivity contribution in [1.82, 2.24) is 4.98 Å². The van der Waals surface area contributed by atoms with Gasteiger partial charge in [0, 0.05) is 22.7 Å². The second kappa shape index (κ2) is 6.26. The molecule has 0 radical (unpaired) electrons. The molecule has 0 bridgehead atoms. The number of rotatable bonds is 4. The summed E-state index contributed by atoms with van der Waals surface area (Å²) in [6, 6.07) is 1.61. The van der Waals surface area contributed by atoms with E-state index in [1.807, 2.05) is 19.1 Å². The molecule has 1 atom stereocenters. The van der Waals surface area contributed by atoms with Gasteiger partial charge in [0.2, 0.25) is 0 Å². The molecule has 0 aliphatic heterocycles. The maximum absolute atomic E-state index is 11.5. The van der Waals surface area contributed by atoms with Crippen molar-refractivity contribution in [2.75, 3.05) is 5.75 Å². The molecule has 15 heavy (non-hydrogen) atoms. The highest BCUT2D eigenvalue weighted by molar-refractivity contribution is 7.84. The first-order valence-electron chi connectivity index (χ1n) is 4.39. The van der Waals surface area contributed by atoms with Crippen molar-refractivity contribution in [2.45, 2.75) is 12.7 Å². The molecule has 0 saturated heterocycles. The standard InChI is InChI=1S/C10H11Cl2NOS/c1-2-3-4-15(14)7-10-9(12)5-8(11)6-13-10/h2-3,5-6H,4,7H2,1H3/b3-2+. The Morgan fingerprint density at radius 3 is 2.87 bits per heavy atom. The van der Waals surface area contributed by atoms with Crippen molar-refractivity contribution >= 4 is 34.0 Å². The van der Waals surface area contributed by atoms with E-state index in [4.69, 9.17) is 23.2 Å². The predicted octanol–water partition coefficient (Wildman–Crippen LogP) is 3.21. The quantitative estimate of drug-likeness (QED) is 0.781. The third-order valence-corrected chi connectivity index (χ3v) is 3.39. The molecule has 1 heterocycles. The maximum Gasteiger partial charge on any atom is 0.0715 e. The highest BCUT2D eigenvalue weighted by Crippen LogP contribution is 2.19. The molecular weight excluding hydrogens is 253 g/mol. The topological polar surface area (TPSA) is 30.0 Å². The van der Waals surface area contributed by atoms with Gasteiger partial charge in [-0.05, 0) is 13.0 Å². The van der Waals surface area contributed by atoms with Gasteiger partial charge in [-0.1, -0.05) is 35.4 Å². The normalized spacial score (nSPS) is 13.3. The number of hydrogen-bond donors (Lipinski definition) is 0. The van der Waals surface area contributed by atoms with E-state index in [2.05, 4.69) is 4.98 Å². The van der Waals surface area contributed by atoms with Crippen LogP contribution in [0.25, 0.3) is 0 Å². The second-order valence-corrected chi connectivity index (χ2v) is 5.25. The third kappa shape index (κ3) is 4.33. The summed E-state index contributed by atoms with van der Waals surface area (Å²) < 4.78 is 11.5. The second-order valence-electron chi connectivity index (χ2n) is 2.90. The number of allylic oxidation sites excluding steroid dienone is 1. The van der Waals surface area contributed by atoms with Crippen LogP contribution in [0, 0.1) is 0 Å². The fourth-order valence-electron chi connectivity index (χ4n) is 0.964. The molecule has 0 spiro atoms. The van der Waals surface area contributed by atoms with Crippen molar-refractivity contribution in [2.24, 2.45) is 0 Å². The van der Waals surface area contributed by atoms with E-state index < -0.39 is 10.8 Å². The molecule has 82 valence electrons.